The minimum absolute atomic E-state index is 0.0451. The van der Waals surface area contributed by atoms with Crippen molar-refractivity contribution < 1.29 is 18.0 Å². The number of carbonyl (C=O) groups is 2. The molecule has 0 aliphatic heterocycles. The van der Waals surface area contributed by atoms with E-state index in [1.807, 2.05) is 68.4 Å². The van der Waals surface area contributed by atoms with Crippen molar-refractivity contribution in [1.29, 1.82) is 0 Å². The Morgan fingerprint density at radius 3 is 2.19 bits per heavy atom. The fourth-order valence-electron chi connectivity index (χ4n) is 6.09. The molecule has 2 amide bonds. The Morgan fingerprint density at radius 2 is 1.51 bits per heavy atom. The van der Waals surface area contributed by atoms with Crippen molar-refractivity contribution in [3.63, 3.8) is 0 Å². The Hall–Kier alpha value is -4.14. The van der Waals surface area contributed by atoms with Crippen molar-refractivity contribution in [2.75, 3.05) is 10.8 Å². The predicted molar refractivity (Wildman–Crippen MR) is 188 cm³/mol. The molecular weight excluding hydrogens is 630 g/mol. The smallest absolute Gasteiger partial charge is 0.264 e. The van der Waals surface area contributed by atoms with Crippen molar-refractivity contribution in [3.8, 4) is 0 Å². The van der Waals surface area contributed by atoms with Crippen LogP contribution in [-0.4, -0.2) is 43.8 Å². The van der Waals surface area contributed by atoms with Crippen LogP contribution >= 0.6 is 11.6 Å². The highest BCUT2D eigenvalue weighted by atomic mass is 35.5. The van der Waals surface area contributed by atoms with Gasteiger partial charge in [-0.1, -0.05) is 103 Å². The molecule has 9 heteroatoms. The van der Waals surface area contributed by atoms with Gasteiger partial charge in [-0.25, -0.2) is 8.42 Å². The number of rotatable bonds is 12. The van der Waals surface area contributed by atoms with Crippen LogP contribution in [0.3, 0.4) is 0 Å². The van der Waals surface area contributed by atoms with Crippen molar-refractivity contribution in [2.24, 2.45) is 0 Å². The van der Waals surface area contributed by atoms with E-state index in [1.54, 1.807) is 54.3 Å². The number of hydrogen-bond acceptors (Lipinski definition) is 4. The molecule has 0 radical (unpaired) electrons. The summed E-state index contributed by atoms with van der Waals surface area (Å²) in [6, 6.07) is 28.0. The summed E-state index contributed by atoms with van der Waals surface area (Å²) in [5, 5.41) is 3.56. The number of sulfonamides is 1. The van der Waals surface area contributed by atoms with Gasteiger partial charge in [-0.05, 0) is 80.1 Å². The lowest BCUT2D eigenvalue weighted by Crippen LogP contribution is -2.54. The highest BCUT2D eigenvalue weighted by Gasteiger charge is 2.36. The van der Waals surface area contributed by atoms with E-state index in [-0.39, 0.29) is 29.8 Å². The monoisotopic (exact) mass is 671 g/mol. The molecule has 0 unspecified atom stereocenters. The summed E-state index contributed by atoms with van der Waals surface area (Å²) >= 11 is 6.40. The van der Waals surface area contributed by atoms with E-state index in [4.69, 9.17) is 11.6 Å². The second-order valence-corrected chi connectivity index (χ2v) is 14.7. The third-order valence-electron chi connectivity index (χ3n) is 8.90. The van der Waals surface area contributed by atoms with Crippen LogP contribution in [0.2, 0.25) is 5.02 Å². The number of hydrogen-bond donors (Lipinski definition) is 1. The number of benzene rings is 4. The van der Waals surface area contributed by atoms with Crippen molar-refractivity contribution in [2.45, 2.75) is 76.4 Å². The van der Waals surface area contributed by atoms with Gasteiger partial charge in [0.2, 0.25) is 11.8 Å². The van der Waals surface area contributed by atoms with Gasteiger partial charge in [0.1, 0.15) is 12.6 Å². The first kappa shape index (κ1) is 34.2. The van der Waals surface area contributed by atoms with Gasteiger partial charge in [0.05, 0.1) is 10.6 Å². The summed E-state index contributed by atoms with van der Waals surface area (Å²) in [5.41, 5.74) is 4.60. The molecule has 1 aliphatic rings. The maximum absolute atomic E-state index is 14.8. The Labute approximate surface area is 283 Å². The molecule has 0 heterocycles. The molecule has 1 atom stereocenters. The SMILES string of the molecule is Cc1ccc(S(=O)(=O)N(CC(=O)N(Cc2ccccc2C)[C@H](Cc2ccccc2)C(=O)NC2CCCC2)c2cc(Cl)ccc2C)cc1. The molecule has 47 heavy (non-hydrogen) atoms. The molecule has 1 aliphatic carbocycles. The zero-order chi connectivity index (χ0) is 33.6. The van der Waals surface area contributed by atoms with E-state index in [0.29, 0.717) is 16.3 Å². The normalized spacial score (nSPS) is 14.0. The third kappa shape index (κ3) is 8.42. The largest absolute Gasteiger partial charge is 0.352 e. The molecule has 0 saturated heterocycles. The Kier molecular flexibility index (Phi) is 11.0. The summed E-state index contributed by atoms with van der Waals surface area (Å²) in [4.78, 5) is 30.5. The fraction of sp³-hybridized carbons (Fsp3) is 0.316. The summed E-state index contributed by atoms with van der Waals surface area (Å²) < 4.78 is 29.8. The van der Waals surface area contributed by atoms with Crippen LogP contribution in [0.25, 0.3) is 0 Å². The van der Waals surface area contributed by atoms with E-state index in [2.05, 4.69) is 5.32 Å². The molecule has 4 aromatic carbocycles. The van der Waals surface area contributed by atoms with Crippen LogP contribution in [0.1, 0.15) is 53.5 Å². The van der Waals surface area contributed by atoms with Gasteiger partial charge in [0.15, 0.2) is 0 Å². The first-order valence-corrected chi connectivity index (χ1v) is 17.9. The summed E-state index contributed by atoms with van der Waals surface area (Å²) in [7, 11) is -4.22. The van der Waals surface area contributed by atoms with Gasteiger partial charge in [0, 0.05) is 24.0 Å². The van der Waals surface area contributed by atoms with Gasteiger partial charge in [-0.3, -0.25) is 13.9 Å². The topological polar surface area (TPSA) is 86.8 Å². The van der Waals surface area contributed by atoms with Crippen molar-refractivity contribution in [1.82, 2.24) is 10.2 Å². The van der Waals surface area contributed by atoms with E-state index in [0.717, 1.165) is 52.2 Å². The van der Waals surface area contributed by atoms with E-state index in [9.17, 15) is 18.0 Å². The third-order valence-corrected chi connectivity index (χ3v) is 10.9. The molecule has 1 N–H and O–H groups in total. The molecule has 1 saturated carbocycles. The lowest BCUT2D eigenvalue weighted by atomic mass is 10.0. The first-order chi connectivity index (χ1) is 22.5. The summed E-state index contributed by atoms with van der Waals surface area (Å²) in [6.07, 6.45) is 4.16. The molecule has 0 aromatic heterocycles. The van der Waals surface area contributed by atoms with E-state index >= 15 is 0 Å². The fourth-order valence-corrected chi connectivity index (χ4v) is 7.73. The van der Waals surface area contributed by atoms with Crippen molar-refractivity contribution >= 4 is 39.1 Å². The molecule has 246 valence electrons. The molecule has 0 bridgehead atoms. The summed E-state index contributed by atoms with van der Waals surface area (Å²) in [6.45, 7) is 5.24. The second-order valence-electron chi connectivity index (χ2n) is 12.4. The molecule has 4 aromatic rings. The maximum Gasteiger partial charge on any atom is 0.264 e. The number of amides is 2. The lowest BCUT2D eigenvalue weighted by molar-refractivity contribution is -0.140. The zero-order valence-electron chi connectivity index (χ0n) is 27.2. The van der Waals surface area contributed by atoms with Crippen LogP contribution in [0.4, 0.5) is 5.69 Å². The minimum Gasteiger partial charge on any atom is -0.352 e. The van der Waals surface area contributed by atoms with Crippen LogP contribution in [0.15, 0.2) is 102 Å². The Balaban J connectivity index is 1.60. The molecular formula is C38H42ClN3O4S. The Morgan fingerprint density at radius 1 is 0.851 bits per heavy atom. The lowest BCUT2D eigenvalue weighted by Gasteiger charge is -2.35. The zero-order valence-corrected chi connectivity index (χ0v) is 28.7. The molecule has 7 nitrogen and oxygen atoms in total. The number of halogens is 1. The Bertz CT molecular complexity index is 1810. The minimum atomic E-state index is -4.22. The van der Waals surface area contributed by atoms with E-state index < -0.39 is 28.5 Å². The summed E-state index contributed by atoms with van der Waals surface area (Å²) in [5.74, 6) is -0.736. The first-order valence-electron chi connectivity index (χ1n) is 16.1. The van der Waals surface area contributed by atoms with Crippen LogP contribution in [0, 0.1) is 20.8 Å². The maximum atomic E-state index is 14.8. The molecule has 1 fully saturated rings. The molecule has 5 rings (SSSR count). The number of nitrogens with one attached hydrogen (secondary N) is 1. The van der Waals surface area contributed by atoms with Gasteiger partial charge in [-0.15, -0.1) is 0 Å². The van der Waals surface area contributed by atoms with Gasteiger partial charge < -0.3 is 10.2 Å². The number of carbonyl (C=O) groups excluding carboxylic acids is 2. The average Bonchev–Trinajstić information content (AvgIpc) is 3.57. The number of anilines is 1. The number of aryl methyl sites for hydroxylation is 3. The quantitative estimate of drug-likeness (QED) is 0.173. The number of nitrogens with zero attached hydrogens (tertiary/aromatic N) is 2. The molecule has 0 spiro atoms. The van der Waals surface area contributed by atoms with Crippen molar-refractivity contribution in [3.05, 3.63) is 130 Å². The van der Waals surface area contributed by atoms with Gasteiger partial charge in [0.25, 0.3) is 10.0 Å². The van der Waals surface area contributed by atoms with Gasteiger partial charge in [-0.2, -0.15) is 0 Å². The van der Waals surface area contributed by atoms with E-state index in [1.165, 1.54) is 0 Å². The average molecular weight is 672 g/mol. The standard InChI is InChI=1S/C38H42ClN3O4S/c1-27-17-21-34(22-18-27)47(45,46)42(35-24-32(39)20-19-29(35)3)26-37(43)41(25-31-14-8-7-11-28(31)2)36(23-30-12-5-4-6-13-30)38(44)40-33-15-9-10-16-33/h4-8,11-14,17-22,24,33,36H,9-10,15-16,23,25-26H2,1-3H3,(H,40,44)/t36-/m1/s1. The predicted octanol–water partition coefficient (Wildman–Crippen LogP) is 7.16. The van der Waals surface area contributed by atoms with Crippen LogP contribution in [0.5, 0.6) is 0 Å². The highest BCUT2D eigenvalue weighted by molar-refractivity contribution is 7.92. The second kappa shape index (κ2) is 15.2. The highest BCUT2D eigenvalue weighted by Crippen LogP contribution is 2.30. The van der Waals surface area contributed by atoms with Gasteiger partial charge >= 0.3 is 0 Å². The van der Waals surface area contributed by atoms with Crippen LogP contribution in [-0.2, 0) is 32.6 Å². The van der Waals surface area contributed by atoms with Crippen LogP contribution < -0.4 is 9.62 Å².